The van der Waals surface area contributed by atoms with E-state index in [9.17, 15) is 5.11 Å². The van der Waals surface area contributed by atoms with E-state index in [4.69, 9.17) is 0 Å². The molecule has 1 unspecified atom stereocenters. The van der Waals surface area contributed by atoms with Crippen LogP contribution in [0.5, 0.6) is 0 Å². The third kappa shape index (κ3) is 3.96. The van der Waals surface area contributed by atoms with Crippen LogP contribution in [0.15, 0.2) is 0 Å². The van der Waals surface area contributed by atoms with Crippen LogP contribution in [-0.4, -0.2) is 6.61 Å². The second-order valence-corrected chi connectivity index (χ2v) is 1.60. The molecule has 0 aromatic rings. The van der Waals surface area contributed by atoms with Gasteiger partial charge < -0.3 is 0 Å². The summed E-state index contributed by atoms with van der Waals surface area (Å²) in [5.41, 5.74) is 0. The molecule has 0 aromatic heterocycles. The van der Waals surface area contributed by atoms with Crippen LogP contribution in [0.25, 0.3) is 0 Å². The minimum absolute atomic E-state index is 0.0185. The Balaban J connectivity index is 2.63. The van der Waals surface area contributed by atoms with E-state index < -0.39 is 0 Å². The molecule has 0 bridgehead atoms. The van der Waals surface area contributed by atoms with Crippen LogP contribution >= 0.6 is 0 Å². The first-order valence-corrected chi connectivity index (χ1v) is 2.18. The van der Waals surface area contributed by atoms with Crippen molar-refractivity contribution in [3.8, 4) is 0 Å². The maximum absolute atomic E-state index is 9.70. The number of hydrogen-bond acceptors (Lipinski definition) is 0. The molecule has 1 heteroatoms. The highest BCUT2D eigenvalue weighted by Gasteiger charge is 1.88. The van der Waals surface area contributed by atoms with Gasteiger partial charge in [-0.2, -0.15) is 0 Å². The van der Waals surface area contributed by atoms with Crippen LogP contribution in [0.4, 0.5) is 0 Å². The van der Waals surface area contributed by atoms with Gasteiger partial charge in [-0.15, -0.1) is 0 Å². The summed E-state index contributed by atoms with van der Waals surface area (Å²) in [5, 5.41) is 9.70. The molecule has 2 radical (unpaired) electrons. The highest BCUT2D eigenvalue weighted by molar-refractivity contribution is 4.50. The van der Waals surface area contributed by atoms with E-state index in [-0.39, 0.29) is 6.61 Å². The zero-order valence-electron chi connectivity index (χ0n) is 4.11. The van der Waals surface area contributed by atoms with Gasteiger partial charge in [0.2, 0.25) is 0 Å². The Labute approximate surface area is 39.0 Å². The Hall–Kier alpha value is -0.0400. The van der Waals surface area contributed by atoms with Crippen LogP contribution in [0.1, 0.15) is 13.3 Å². The molecule has 0 saturated heterocycles. The molecule has 36 valence electrons. The van der Waals surface area contributed by atoms with Crippen LogP contribution in [0.3, 0.4) is 0 Å². The SMILES string of the molecule is [CH2]C(C)CC[O]. The fraction of sp³-hybridized carbons (Fsp3) is 0.800. The summed E-state index contributed by atoms with van der Waals surface area (Å²) < 4.78 is 0. The average Bonchev–Trinajstić information content (AvgIpc) is 1.35. The molecule has 0 saturated carbocycles. The third-order valence-electron chi connectivity index (χ3n) is 0.611. The molecule has 0 amide bonds. The molecule has 0 aliphatic carbocycles. The van der Waals surface area contributed by atoms with Gasteiger partial charge in [0.05, 0.1) is 6.61 Å². The van der Waals surface area contributed by atoms with E-state index in [0.717, 1.165) is 0 Å². The van der Waals surface area contributed by atoms with Gasteiger partial charge in [-0.25, -0.2) is 5.11 Å². The highest BCUT2D eigenvalue weighted by atomic mass is 16.2. The Morgan fingerprint density at radius 2 is 2.33 bits per heavy atom. The molecule has 6 heavy (non-hydrogen) atoms. The molecule has 0 rings (SSSR count). The second kappa shape index (κ2) is 3.16. The van der Waals surface area contributed by atoms with E-state index in [1.54, 1.807) is 0 Å². The average molecular weight is 86.1 g/mol. The molecule has 0 fully saturated rings. The van der Waals surface area contributed by atoms with Gasteiger partial charge in [0, 0.05) is 0 Å². The fourth-order valence-electron chi connectivity index (χ4n) is 0.201. The lowest BCUT2D eigenvalue weighted by Gasteiger charge is -1.93. The summed E-state index contributed by atoms with van der Waals surface area (Å²) in [5.74, 6) is 0.336. The summed E-state index contributed by atoms with van der Waals surface area (Å²) in [7, 11) is 0. The highest BCUT2D eigenvalue weighted by Crippen LogP contribution is 1.94. The minimum Gasteiger partial charge on any atom is -0.237 e. The lowest BCUT2D eigenvalue weighted by molar-refractivity contribution is 0.179. The van der Waals surface area contributed by atoms with E-state index in [0.29, 0.717) is 12.3 Å². The first kappa shape index (κ1) is 5.96. The smallest absolute Gasteiger partial charge is 0.0824 e. The fourth-order valence-corrected chi connectivity index (χ4v) is 0.201. The molecule has 1 atom stereocenters. The Kier molecular flexibility index (Phi) is 3.14. The van der Waals surface area contributed by atoms with Gasteiger partial charge in [-0.3, -0.25) is 0 Å². The Morgan fingerprint density at radius 3 is 2.33 bits per heavy atom. The second-order valence-electron chi connectivity index (χ2n) is 1.60. The lowest BCUT2D eigenvalue weighted by Crippen LogP contribution is -1.88. The van der Waals surface area contributed by atoms with E-state index in [1.807, 2.05) is 6.92 Å². The summed E-state index contributed by atoms with van der Waals surface area (Å²) in [6, 6.07) is 0. The van der Waals surface area contributed by atoms with E-state index in [1.165, 1.54) is 0 Å². The Bertz CT molecular complexity index is 25.1. The topological polar surface area (TPSA) is 19.9 Å². The van der Waals surface area contributed by atoms with Crippen molar-refractivity contribution in [2.45, 2.75) is 13.3 Å². The predicted molar refractivity (Wildman–Crippen MR) is 24.7 cm³/mol. The predicted octanol–water partition coefficient (Wildman–Crippen LogP) is 1.28. The first-order chi connectivity index (χ1) is 2.77. The van der Waals surface area contributed by atoms with Crippen molar-refractivity contribution in [3.05, 3.63) is 6.92 Å². The summed E-state index contributed by atoms with van der Waals surface area (Å²) in [4.78, 5) is 0. The maximum atomic E-state index is 9.70. The molecule has 0 heterocycles. The zero-order chi connectivity index (χ0) is 4.99. The zero-order valence-corrected chi connectivity index (χ0v) is 4.11. The summed E-state index contributed by atoms with van der Waals surface area (Å²) in [6.45, 7) is 5.59. The largest absolute Gasteiger partial charge is 0.237 e. The van der Waals surface area contributed by atoms with Crippen molar-refractivity contribution in [2.75, 3.05) is 6.61 Å². The molecule has 1 nitrogen and oxygen atoms in total. The molecule has 0 N–H and O–H groups in total. The molecular weight excluding hydrogens is 76.1 g/mol. The molecular formula is C5H10O. The first-order valence-electron chi connectivity index (χ1n) is 2.18. The number of rotatable bonds is 2. The van der Waals surface area contributed by atoms with Crippen LogP contribution in [-0.2, 0) is 5.11 Å². The summed E-state index contributed by atoms with van der Waals surface area (Å²) >= 11 is 0. The van der Waals surface area contributed by atoms with Crippen molar-refractivity contribution in [1.29, 1.82) is 0 Å². The van der Waals surface area contributed by atoms with Crippen molar-refractivity contribution >= 4 is 0 Å². The van der Waals surface area contributed by atoms with Crippen LogP contribution < -0.4 is 0 Å². The van der Waals surface area contributed by atoms with Gasteiger partial charge in [0.25, 0.3) is 0 Å². The van der Waals surface area contributed by atoms with Gasteiger partial charge in [-0.05, 0) is 12.3 Å². The lowest BCUT2D eigenvalue weighted by atomic mass is 10.2. The van der Waals surface area contributed by atoms with E-state index in [2.05, 4.69) is 6.92 Å². The minimum atomic E-state index is 0.0185. The standard InChI is InChI=1S/C5H10O/c1-5(2)3-4-6/h5H,1,3-4H2,2H3. The number of hydrogen-bond donors (Lipinski definition) is 0. The van der Waals surface area contributed by atoms with Crippen molar-refractivity contribution in [1.82, 2.24) is 0 Å². The monoisotopic (exact) mass is 86.1 g/mol. The quantitative estimate of drug-likeness (QED) is 0.482. The Morgan fingerprint density at radius 1 is 1.83 bits per heavy atom. The van der Waals surface area contributed by atoms with Crippen molar-refractivity contribution in [2.24, 2.45) is 5.92 Å². The van der Waals surface area contributed by atoms with Crippen molar-refractivity contribution in [3.63, 3.8) is 0 Å². The van der Waals surface area contributed by atoms with Crippen molar-refractivity contribution < 1.29 is 5.11 Å². The van der Waals surface area contributed by atoms with Crippen LogP contribution in [0.2, 0.25) is 0 Å². The molecule has 0 aromatic carbocycles. The molecule has 0 aliphatic rings. The van der Waals surface area contributed by atoms with Gasteiger partial charge in [-0.1, -0.05) is 13.8 Å². The molecule has 0 aliphatic heterocycles. The summed E-state index contributed by atoms with van der Waals surface area (Å²) in [6.07, 6.45) is 0.708. The molecule has 0 spiro atoms. The van der Waals surface area contributed by atoms with Gasteiger partial charge in [0.15, 0.2) is 0 Å². The third-order valence-corrected chi connectivity index (χ3v) is 0.611. The van der Waals surface area contributed by atoms with Gasteiger partial charge in [0.1, 0.15) is 0 Å². The maximum Gasteiger partial charge on any atom is 0.0824 e. The van der Waals surface area contributed by atoms with Gasteiger partial charge >= 0.3 is 0 Å². The van der Waals surface area contributed by atoms with Crippen LogP contribution in [0, 0.1) is 12.8 Å². The van der Waals surface area contributed by atoms with E-state index >= 15 is 0 Å². The normalized spacial score (nSPS) is 10.0.